The number of carbonyl (C=O) groups is 1. The number of piperidine rings is 2. The van der Waals surface area contributed by atoms with Crippen molar-refractivity contribution in [1.82, 2.24) is 20.5 Å². The van der Waals surface area contributed by atoms with Gasteiger partial charge in [0.15, 0.2) is 11.6 Å². The molecule has 1 amide bonds. The first kappa shape index (κ1) is 20.8. The van der Waals surface area contributed by atoms with Gasteiger partial charge in [0.2, 0.25) is 5.91 Å². The fourth-order valence-corrected chi connectivity index (χ4v) is 4.95. The van der Waals surface area contributed by atoms with E-state index in [1.165, 1.54) is 30.2 Å². The van der Waals surface area contributed by atoms with Gasteiger partial charge in [-0.2, -0.15) is 0 Å². The molecule has 32 heavy (non-hydrogen) atoms. The molecular weight excluding hydrogens is 400 g/mol. The number of benzene rings is 1. The lowest BCUT2D eigenvalue weighted by molar-refractivity contribution is -0.125. The molecule has 0 atom stereocenters. The molecule has 7 heteroatoms. The summed E-state index contributed by atoms with van der Waals surface area (Å²) in [4.78, 5) is 20.6. The second-order valence-corrected chi connectivity index (χ2v) is 8.96. The Balaban J connectivity index is 1.08. The van der Waals surface area contributed by atoms with Gasteiger partial charge in [-0.05, 0) is 62.3 Å². The van der Waals surface area contributed by atoms with Gasteiger partial charge in [0.25, 0.3) is 0 Å². The Morgan fingerprint density at radius 1 is 0.938 bits per heavy atom. The Kier molecular flexibility index (Phi) is 6.23. The molecular formula is C25H32N6O. The molecule has 0 radical (unpaired) electrons. The minimum atomic E-state index is 0.0785. The molecule has 0 unspecified atom stereocenters. The lowest BCUT2D eigenvalue weighted by Crippen LogP contribution is -2.41. The largest absolute Gasteiger partial charge is 0.361 e. The number of nitrogens with zero attached hydrogens (tertiary/aromatic N) is 4. The Labute approximate surface area is 189 Å². The van der Waals surface area contributed by atoms with Crippen LogP contribution >= 0.6 is 0 Å². The van der Waals surface area contributed by atoms with E-state index in [1.54, 1.807) is 0 Å². The lowest BCUT2D eigenvalue weighted by atomic mass is 9.96. The maximum Gasteiger partial charge on any atom is 0.223 e. The zero-order chi connectivity index (χ0) is 21.8. The fourth-order valence-electron chi connectivity index (χ4n) is 4.95. The SMILES string of the molecule is O=C(NCCc1c[nH]c2ccccc12)C1CCN(c2ccc(N3CCCCC3)nn2)CC1. The highest BCUT2D eigenvalue weighted by Crippen LogP contribution is 2.24. The molecule has 3 aromatic rings. The summed E-state index contributed by atoms with van der Waals surface area (Å²) in [6.45, 7) is 4.52. The molecule has 2 aliphatic rings. The van der Waals surface area contributed by atoms with Crippen molar-refractivity contribution in [3.05, 3.63) is 48.2 Å². The molecule has 5 rings (SSSR count). The third kappa shape index (κ3) is 4.56. The van der Waals surface area contributed by atoms with E-state index < -0.39 is 0 Å². The normalized spacial score (nSPS) is 17.6. The summed E-state index contributed by atoms with van der Waals surface area (Å²) in [6.07, 6.45) is 8.39. The number of H-pyrrole nitrogens is 1. The lowest BCUT2D eigenvalue weighted by Gasteiger charge is -2.32. The number of amides is 1. The number of aromatic amines is 1. The van der Waals surface area contributed by atoms with Gasteiger partial charge < -0.3 is 20.1 Å². The van der Waals surface area contributed by atoms with E-state index >= 15 is 0 Å². The summed E-state index contributed by atoms with van der Waals surface area (Å²) in [5.74, 6) is 2.16. The molecule has 7 nitrogen and oxygen atoms in total. The van der Waals surface area contributed by atoms with Gasteiger partial charge in [-0.25, -0.2) is 0 Å². The maximum absolute atomic E-state index is 12.7. The number of hydrogen-bond acceptors (Lipinski definition) is 5. The first-order chi connectivity index (χ1) is 15.8. The molecule has 2 aliphatic heterocycles. The van der Waals surface area contributed by atoms with Crippen molar-refractivity contribution >= 4 is 28.4 Å². The van der Waals surface area contributed by atoms with E-state index in [2.05, 4.69) is 60.6 Å². The van der Waals surface area contributed by atoms with Crippen LogP contribution in [0.5, 0.6) is 0 Å². The fraction of sp³-hybridized carbons (Fsp3) is 0.480. The monoisotopic (exact) mass is 432 g/mol. The zero-order valence-corrected chi connectivity index (χ0v) is 18.6. The van der Waals surface area contributed by atoms with Gasteiger partial charge in [-0.1, -0.05) is 18.2 Å². The molecule has 2 aromatic heterocycles. The number of aromatic nitrogens is 3. The molecule has 1 aromatic carbocycles. The predicted molar refractivity (Wildman–Crippen MR) is 128 cm³/mol. The minimum Gasteiger partial charge on any atom is -0.361 e. The van der Waals surface area contributed by atoms with E-state index in [0.717, 1.165) is 62.6 Å². The van der Waals surface area contributed by atoms with Crippen LogP contribution in [-0.4, -0.2) is 53.8 Å². The van der Waals surface area contributed by atoms with Crippen LogP contribution in [0.15, 0.2) is 42.6 Å². The van der Waals surface area contributed by atoms with Crippen molar-refractivity contribution in [3.63, 3.8) is 0 Å². The highest BCUT2D eigenvalue weighted by atomic mass is 16.1. The van der Waals surface area contributed by atoms with Crippen molar-refractivity contribution < 1.29 is 4.79 Å². The highest BCUT2D eigenvalue weighted by Gasteiger charge is 2.26. The van der Waals surface area contributed by atoms with Crippen LogP contribution in [0, 0.1) is 5.92 Å². The van der Waals surface area contributed by atoms with Crippen molar-refractivity contribution in [2.75, 3.05) is 42.5 Å². The highest BCUT2D eigenvalue weighted by molar-refractivity contribution is 5.83. The molecule has 0 saturated carbocycles. The minimum absolute atomic E-state index is 0.0785. The Morgan fingerprint density at radius 2 is 1.62 bits per heavy atom. The quantitative estimate of drug-likeness (QED) is 0.623. The van der Waals surface area contributed by atoms with E-state index in [1.807, 2.05) is 12.3 Å². The Morgan fingerprint density at radius 3 is 2.34 bits per heavy atom. The van der Waals surface area contributed by atoms with Crippen molar-refractivity contribution in [3.8, 4) is 0 Å². The molecule has 2 saturated heterocycles. The summed E-state index contributed by atoms with van der Waals surface area (Å²) in [6, 6.07) is 12.5. The van der Waals surface area contributed by atoms with E-state index in [-0.39, 0.29) is 11.8 Å². The van der Waals surface area contributed by atoms with Gasteiger partial charge in [0, 0.05) is 55.7 Å². The number of carbonyl (C=O) groups excluding carboxylic acids is 1. The Hall–Kier alpha value is -3.09. The number of nitrogens with one attached hydrogen (secondary N) is 2. The van der Waals surface area contributed by atoms with Gasteiger partial charge in [0.1, 0.15) is 0 Å². The van der Waals surface area contributed by atoms with Crippen LogP contribution in [0.25, 0.3) is 10.9 Å². The van der Waals surface area contributed by atoms with Crippen LogP contribution in [0.1, 0.15) is 37.7 Å². The number of rotatable bonds is 6. The summed E-state index contributed by atoms with van der Waals surface area (Å²) >= 11 is 0. The maximum atomic E-state index is 12.7. The smallest absolute Gasteiger partial charge is 0.223 e. The van der Waals surface area contributed by atoms with Crippen molar-refractivity contribution in [2.45, 2.75) is 38.5 Å². The molecule has 0 aliphatic carbocycles. The van der Waals surface area contributed by atoms with E-state index in [4.69, 9.17) is 0 Å². The van der Waals surface area contributed by atoms with Crippen LogP contribution in [0.4, 0.5) is 11.6 Å². The second-order valence-electron chi connectivity index (χ2n) is 8.96. The molecule has 0 bridgehead atoms. The molecule has 4 heterocycles. The predicted octanol–water partition coefficient (Wildman–Crippen LogP) is 3.52. The average molecular weight is 433 g/mol. The van der Waals surface area contributed by atoms with Crippen molar-refractivity contribution in [2.24, 2.45) is 5.92 Å². The van der Waals surface area contributed by atoms with E-state index in [9.17, 15) is 4.79 Å². The first-order valence-electron chi connectivity index (χ1n) is 11.9. The van der Waals surface area contributed by atoms with Crippen molar-refractivity contribution in [1.29, 1.82) is 0 Å². The van der Waals surface area contributed by atoms with Gasteiger partial charge in [-0.15, -0.1) is 10.2 Å². The second kappa shape index (κ2) is 9.59. The molecule has 2 fully saturated rings. The summed E-state index contributed by atoms with van der Waals surface area (Å²) in [5.41, 5.74) is 2.40. The Bertz CT molecular complexity index is 1030. The zero-order valence-electron chi connectivity index (χ0n) is 18.6. The molecule has 2 N–H and O–H groups in total. The number of para-hydroxylation sites is 1. The number of fused-ring (bicyclic) bond motifs is 1. The van der Waals surface area contributed by atoms with Crippen LogP contribution in [-0.2, 0) is 11.2 Å². The van der Waals surface area contributed by atoms with Gasteiger partial charge >= 0.3 is 0 Å². The topological polar surface area (TPSA) is 77.2 Å². The van der Waals surface area contributed by atoms with Gasteiger partial charge in [-0.3, -0.25) is 4.79 Å². The summed E-state index contributed by atoms with van der Waals surface area (Å²) in [7, 11) is 0. The standard InChI is InChI=1S/C25H32N6O/c32-25(26-13-10-20-18-27-22-7-3-2-6-21(20)22)19-11-16-31(17-12-19)24-9-8-23(28-29-24)30-14-4-1-5-15-30/h2-3,6-9,18-19,27H,1,4-5,10-17H2,(H,26,32). The third-order valence-electron chi connectivity index (χ3n) is 6.87. The molecule has 168 valence electrons. The number of hydrogen-bond donors (Lipinski definition) is 2. The average Bonchev–Trinajstić information content (AvgIpc) is 3.28. The first-order valence-corrected chi connectivity index (χ1v) is 11.9. The third-order valence-corrected chi connectivity index (χ3v) is 6.87. The summed E-state index contributed by atoms with van der Waals surface area (Å²) < 4.78 is 0. The number of anilines is 2. The molecule has 0 spiro atoms. The van der Waals surface area contributed by atoms with Crippen LogP contribution < -0.4 is 15.1 Å². The van der Waals surface area contributed by atoms with Crippen LogP contribution in [0.2, 0.25) is 0 Å². The van der Waals surface area contributed by atoms with Gasteiger partial charge in [0.05, 0.1) is 0 Å². The van der Waals surface area contributed by atoms with E-state index in [0.29, 0.717) is 6.54 Å². The van der Waals surface area contributed by atoms with Crippen LogP contribution in [0.3, 0.4) is 0 Å². The summed E-state index contributed by atoms with van der Waals surface area (Å²) in [5, 5.41) is 13.3.